The number of guanidine groups is 1. The Kier molecular flexibility index (Phi) is 3.73. The summed E-state index contributed by atoms with van der Waals surface area (Å²) in [4.78, 5) is 9.86. The molecule has 1 aliphatic heterocycles. The highest BCUT2D eigenvalue weighted by molar-refractivity contribution is 7.98. The van der Waals surface area contributed by atoms with Gasteiger partial charge in [0.05, 0.1) is 16.0 Å². The predicted octanol–water partition coefficient (Wildman–Crippen LogP) is 3.55. The number of hydrogen-bond donors (Lipinski definition) is 2. The van der Waals surface area contributed by atoms with Crippen LogP contribution in [0.4, 0.5) is 5.82 Å². The van der Waals surface area contributed by atoms with Gasteiger partial charge in [-0.3, -0.25) is 4.72 Å². The zero-order valence-corrected chi connectivity index (χ0v) is 12.5. The maximum absolute atomic E-state index is 5.90. The molecule has 0 bridgehead atoms. The molecule has 2 heterocycles. The molecule has 1 aromatic heterocycles. The van der Waals surface area contributed by atoms with E-state index in [9.17, 15) is 0 Å². The van der Waals surface area contributed by atoms with Gasteiger partial charge in [0.25, 0.3) is 0 Å². The van der Waals surface area contributed by atoms with E-state index in [0.29, 0.717) is 5.02 Å². The summed E-state index contributed by atoms with van der Waals surface area (Å²) in [6, 6.07) is 2.08. The zero-order valence-electron chi connectivity index (χ0n) is 10.9. The summed E-state index contributed by atoms with van der Waals surface area (Å²) in [6.07, 6.45) is 1.63. The van der Waals surface area contributed by atoms with Crippen LogP contribution in [0.2, 0.25) is 5.02 Å². The Morgan fingerprint density at radius 2 is 2.17 bits per heavy atom. The third-order valence-electron chi connectivity index (χ3n) is 2.89. The largest absolute Gasteiger partial charge is 0.309 e. The Bertz CT molecular complexity index is 481. The molecular weight excluding hydrogens is 268 g/mol. The standard InChI is InChI=1S/C12H17ClN4S/c1-7(12(2,3)4)15-11-16-10-9(18-17-11)5-8(13)6-14-10/h5-7H,1-4H3,(H2,14,15,16,17). The van der Waals surface area contributed by atoms with Gasteiger partial charge in [0.1, 0.15) is 5.82 Å². The normalized spacial score (nSPS) is 18.8. The molecule has 1 aromatic rings. The van der Waals surface area contributed by atoms with Gasteiger partial charge >= 0.3 is 0 Å². The van der Waals surface area contributed by atoms with Crippen LogP contribution in [0.25, 0.3) is 0 Å². The van der Waals surface area contributed by atoms with Crippen molar-refractivity contribution in [2.45, 2.75) is 38.6 Å². The van der Waals surface area contributed by atoms with E-state index in [-0.39, 0.29) is 11.5 Å². The summed E-state index contributed by atoms with van der Waals surface area (Å²) in [5.74, 6) is 1.53. The molecule has 0 amide bonds. The van der Waals surface area contributed by atoms with Crippen LogP contribution >= 0.6 is 23.5 Å². The van der Waals surface area contributed by atoms with Crippen molar-refractivity contribution >= 4 is 35.3 Å². The van der Waals surface area contributed by atoms with Crippen molar-refractivity contribution < 1.29 is 0 Å². The number of fused-ring (bicyclic) bond motifs is 1. The van der Waals surface area contributed by atoms with Crippen molar-refractivity contribution in [1.29, 1.82) is 0 Å². The van der Waals surface area contributed by atoms with E-state index in [1.54, 1.807) is 6.20 Å². The lowest BCUT2D eigenvalue weighted by Gasteiger charge is -2.26. The summed E-state index contributed by atoms with van der Waals surface area (Å²) in [6.45, 7) is 8.61. The number of anilines is 1. The van der Waals surface area contributed by atoms with Crippen LogP contribution in [-0.2, 0) is 0 Å². The van der Waals surface area contributed by atoms with E-state index in [0.717, 1.165) is 16.7 Å². The molecule has 0 radical (unpaired) electrons. The van der Waals surface area contributed by atoms with E-state index in [1.165, 1.54) is 11.9 Å². The molecule has 98 valence electrons. The van der Waals surface area contributed by atoms with Crippen LogP contribution < -0.4 is 10.0 Å². The number of aliphatic imine (C=N–C) groups is 1. The fraction of sp³-hybridized carbons (Fsp3) is 0.500. The van der Waals surface area contributed by atoms with E-state index < -0.39 is 0 Å². The minimum atomic E-state index is 0.134. The SMILES string of the molecule is CC(N=C1NSc2cc(Cl)cnc2N1)C(C)(C)C. The molecule has 2 N–H and O–H groups in total. The maximum Gasteiger partial charge on any atom is 0.207 e. The van der Waals surface area contributed by atoms with Crippen molar-refractivity contribution in [2.75, 3.05) is 5.32 Å². The number of nitrogens with zero attached hydrogens (tertiary/aromatic N) is 2. The monoisotopic (exact) mass is 284 g/mol. The number of aromatic nitrogens is 1. The van der Waals surface area contributed by atoms with Gasteiger partial charge in [-0.05, 0) is 30.4 Å². The van der Waals surface area contributed by atoms with E-state index in [2.05, 4.69) is 47.7 Å². The van der Waals surface area contributed by atoms with Gasteiger partial charge in [0.2, 0.25) is 5.96 Å². The van der Waals surface area contributed by atoms with Crippen molar-refractivity contribution in [1.82, 2.24) is 9.71 Å². The Labute approximate surface area is 117 Å². The third kappa shape index (κ3) is 3.09. The minimum absolute atomic E-state index is 0.134. The van der Waals surface area contributed by atoms with Crippen molar-refractivity contribution in [3.05, 3.63) is 17.3 Å². The average Bonchev–Trinajstić information content (AvgIpc) is 2.28. The average molecular weight is 285 g/mol. The molecule has 0 fully saturated rings. The summed E-state index contributed by atoms with van der Waals surface area (Å²) >= 11 is 7.37. The molecule has 1 unspecified atom stereocenters. The van der Waals surface area contributed by atoms with Gasteiger partial charge in [0.15, 0.2) is 0 Å². The second-order valence-corrected chi connectivity index (χ2v) is 6.63. The minimum Gasteiger partial charge on any atom is -0.309 e. The first-order valence-electron chi connectivity index (χ1n) is 5.79. The van der Waals surface area contributed by atoms with Gasteiger partial charge in [-0.15, -0.1) is 0 Å². The highest BCUT2D eigenvalue weighted by Gasteiger charge is 2.22. The quantitative estimate of drug-likeness (QED) is 0.775. The molecule has 0 saturated heterocycles. The van der Waals surface area contributed by atoms with Crippen molar-refractivity contribution in [3.8, 4) is 0 Å². The van der Waals surface area contributed by atoms with Crippen LogP contribution in [0.5, 0.6) is 0 Å². The summed E-state index contributed by atoms with van der Waals surface area (Å²) in [5.41, 5.74) is 0.134. The maximum atomic E-state index is 5.90. The first-order valence-corrected chi connectivity index (χ1v) is 6.99. The van der Waals surface area contributed by atoms with Gasteiger partial charge in [-0.1, -0.05) is 32.4 Å². The van der Waals surface area contributed by atoms with Crippen LogP contribution in [0.1, 0.15) is 27.7 Å². The zero-order chi connectivity index (χ0) is 13.3. The number of halogens is 1. The summed E-state index contributed by atoms with van der Waals surface area (Å²) in [7, 11) is 0. The molecule has 1 aliphatic rings. The number of nitrogens with one attached hydrogen (secondary N) is 2. The van der Waals surface area contributed by atoms with Gasteiger partial charge in [0, 0.05) is 6.20 Å². The highest BCUT2D eigenvalue weighted by Crippen LogP contribution is 2.29. The summed E-state index contributed by atoms with van der Waals surface area (Å²) < 4.78 is 3.16. The van der Waals surface area contributed by atoms with Crippen LogP contribution in [0.15, 0.2) is 22.2 Å². The fourth-order valence-corrected chi connectivity index (χ4v) is 2.20. The molecule has 0 saturated carbocycles. The number of hydrogen-bond acceptors (Lipinski definition) is 3. The lowest BCUT2D eigenvalue weighted by Crippen LogP contribution is -2.33. The first-order chi connectivity index (χ1) is 8.36. The van der Waals surface area contributed by atoms with Crippen molar-refractivity contribution in [2.24, 2.45) is 10.4 Å². The van der Waals surface area contributed by atoms with Crippen LogP contribution in [0, 0.1) is 5.41 Å². The van der Waals surface area contributed by atoms with E-state index >= 15 is 0 Å². The second kappa shape index (κ2) is 4.97. The van der Waals surface area contributed by atoms with Gasteiger partial charge in [-0.2, -0.15) is 0 Å². The molecule has 0 aromatic carbocycles. The third-order valence-corrected chi connectivity index (χ3v) is 3.92. The molecule has 0 spiro atoms. The molecule has 18 heavy (non-hydrogen) atoms. The van der Waals surface area contributed by atoms with Crippen LogP contribution in [-0.4, -0.2) is 17.0 Å². The first kappa shape index (κ1) is 13.5. The predicted molar refractivity (Wildman–Crippen MR) is 78.2 cm³/mol. The topological polar surface area (TPSA) is 49.3 Å². The number of pyridine rings is 1. The Morgan fingerprint density at radius 1 is 1.44 bits per heavy atom. The molecule has 0 aliphatic carbocycles. The van der Waals surface area contributed by atoms with Gasteiger partial charge in [-0.25, -0.2) is 9.98 Å². The van der Waals surface area contributed by atoms with Crippen molar-refractivity contribution in [3.63, 3.8) is 0 Å². The number of rotatable bonds is 1. The Balaban J connectivity index is 2.17. The van der Waals surface area contributed by atoms with E-state index in [1.807, 2.05) is 6.07 Å². The smallest absolute Gasteiger partial charge is 0.207 e. The van der Waals surface area contributed by atoms with E-state index in [4.69, 9.17) is 11.6 Å². The fourth-order valence-electron chi connectivity index (χ4n) is 1.28. The molecule has 1 atom stereocenters. The molecule has 4 nitrogen and oxygen atoms in total. The Hall–Kier alpha value is -0.940. The van der Waals surface area contributed by atoms with Gasteiger partial charge < -0.3 is 5.32 Å². The second-order valence-electron chi connectivity index (χ2n) is 5.35. The molecule has 6 heteroatoms. The molecular formula is C12H17ClN4S. The summed E-state index contributed by atoms with van der Waals surface area (Å²) in [5, 5.41) is 3.81. The molecule has 2 rings (SSSR count). The highest BCUT2D eigenvalue weighted by atomic mass is 35.5. The lowest BCUT2D eigenvalue weighted by atomic mass is 9.89. The van der Waals surface area contributed by atoms with Crippen LogP contribution in [0.3, 0.4) is 0 Å². The lowest BCUT2D eigenvalue weighted by molar-refractivity contribution is 0.341. The Morgan fingerprint density at radius 3 is 2.83 bits per heavy atom.